The number of hydrogen-bond donors (Lipinski definition) is 7. The third kappa shape index (κ3) is 26.5. The van der Waals surface area contributed by atoms with E-state index in [0.717, 1.165) is 57.8 Å². The van der Waals surface area contributed by atoms with Gasteiger partial charge in [-0.3, -0.25) is 4.79 Å². The van der Waals surface area contributed by atoms with Crippen LogP contribution in [0.1, 0.15) is 206 Å². The minimum absolute atomic E-state index is 0.257. The first-order valence-corrected chi connectivity index (χ1v) is 23.0. The topological polar surface area (TPSA) is 169 Å². The van der Waals surface area contributed by atoms with E-state index in [9.17, 15) is 35.4 Å². The van der Waals surface area contributed by atoms with E-state index in [4.69, 9.17) is 9.47 Å². The number of aliphatic hydroxyl groups excluding tert-OH is 6. The first-order valence-electron chi connectivity index (χ1n) is 23.0. The van der Waals surface area contributed by atoms with Gasteiger partial charge in [-0.1, -0.05) is 180 Å². The molecule has 1 fully saturated rings. The van der Waals surface area contributed by atoms with Crippen LogP contribution in [0.4, 0.5) is 0 Å². The highest BCUT2D eigenvalue weighted by Gasteiger charge is 2.44. The van der Waals surface area contributed by atoms with Crippen molar-refractivity contribution in [1.82, 2.24) is 5.32 Å². The molecule has 0 aliphatic carbocycles. The number of carbonyl (C=O) groups excluding carboxylic acids is 1. The second-order valence-corrected chi connectivity index (χ2v) is 16.3. The van der Waals surface area contributed by atoms with Crippen LogP contribution in [0.2, 0.25) is 0 Å². The summed E-state index contributed by atoms with van der Waals surface area (Å²) in [5, 5.41) is 64.8. The molecule has 326 valence electrons. The van der Waals surface area contributed by atoms with Gasteiger partial charge in [0.2, 0.25) is 5.91 Å². The van der Waals surface area contributed by atoms with Crippen LogP contribution in [0.3, 0.4) is 0 Å². The molecule has 8 unspecified atom stereocenters. The van der Waals surface area contributed by atoms with Gasteiger partial charge in [-0.2, -0.15) is 0 Å². The minimum atomic E-state index is -1.60. The smallest absolute Gasteiger partial charge is 0.249 e. The highest BCUT2D eigenvalue weighted by Crippen LogP contribution is 2.23. The lowest BCUT2D eigenvalue weighted by molar-refractivity contribution is -0.302. The van der Waals surface area contributed by atoms with Gasteiger partial charge in [0.1, 0.15) is 30.5 Å². The van der Waals surface area contributed by atoms with Gasteiger partial charge < -0.3 is 45.4 Å². The Labute approximate surface area is 336 Å². The summed E-state index contributed by atoms with van der Waals surface area (Å²) in [5.41, 5.74) is 0. The van der Waals surface area contributed by atoms with Crippen molar-refractivity contribution in [2.45, 2.75) is 255 Å². The Kier molecular flexibility index (Phi) is 34.0. The van der Waals surface area contributed by atoms with Crippen molar-refractivity contribution in [1.29, 1.82) is 0 Å². The van der Waals surface area contributed by atoms with Gasteiger partial charge in [0, 0.05) is 0 Å². The second-order valence-electron chi connectivity index (χ2n) is 16.3. The molecule has 10 nitrogen and oxygen atoms in total. The largest absolute Gasteiger partial charge is 0.394 e. The molecule has 0 saturated carbocycles. The zero-order valence-electron chi connectivity index (χ0n) is 35.3. The number of carbonyl (C=O) groups is 1. The Balaban J connectivity index is 2.39. The molecule has 8 atom stereocenters. The van der Waals surface area contributed by atoms with Crippen LogP contribution in [0.5, 0.6) is 0 Å². The molecule has 1 amide bonds. The summed E-state index contributed by atoms with van der Waals surface area (Å²) in [6.07, 6.45) is 29.7. The van der Waals surface area contributed by atoms with Crippen molar-refractivity contribution in [3.63, 3.8) is 0 Å². The van der Waals surface area contributed by atoms with Crippen LogP contribution in [-0.2, 0) is 14.3 Å². The van der Waals surface area contributed by atoms with Crippen LogP contribution >= 0.6 is 0 Å². The molecule has 55 heavy (non-hydrogen) atoms. The fraction of sp³-hybridized carbons (Fsp3) is 0.933. The lowest BCUT2D eigenvalue weighted by atomic mass is 9.99. The molecule has 0 aromatic rings. The number of unbranched alkanes of at least 4 members (excludes halogenated alkanes) is 25. The fourth-order valence-electron chi connectivity index (χ4n) is 7.40. The Morgan fingerprint density at radius 3 is 1.47 bits per heavy atom. The van der Waals surface area contributed by atoms with Crippen LogP contribution in [-0.4, -0.2) is 98.7 Å². The molecule has 0 aromatic carbocycles. The van der Waals surface area contributed by atoms with Gasteiger partial charge in [-0.25, -0.2) is 0 Å². The van der Waals surface area contributed by atoms with E-state index in [1.807, 2.05) is 0 Å². The molecule has 7 N–H and O–H groups in total. The molecule has 1 saturated heterocycles. The summed E-state index contributed by atoms with van der Waals surface area (Å²) >= 11 is 0. The average Bonchev–Trinajstić information content (AvgIpc) is 3.18. The molecular formula is C45H87NO9. The highest BCUT2D eigenvalue weighted by molar-refractivity contribution is 5.80. The maximum absolute atomic E-state index is 13.0. The van der Waals surface area contributed by atoms with Crippen LogP contribution < -0.4 is 5.32 Å². The summed E-state index contributed by atoms with van der Waals surface area (Å²) in [4.78, 5) is 13.0. The van der Waals surface area contributed by atoms with Gasteiger partial charge in [-0.05, 0) is 38.5 Å². The molecule has 1 heterocycles. The summed E-state index contributed by atoms with van der Waals surface area (Å²) in [6.45, 7) is 3.66. The standard InChI is InChI=1S/C45H87NO9/c1-3-5-7-9-11-13-15-17-18-19-20-22-24-26-28-30-32-34-39(49)44(53)46-37(36-54-45-43(52)42(51)41(50)40(35-47)55-45)38(48)33-31-29-27-25-23-21-16-14-12-10-8-6-4-2/h20,22,37-43,45,47-52H,3-19,21,23-36H2,1-2H3,(H,46,53)/b22-20-. The number of ether oxygens (including phenoxy) is 2. The first kappa shape index (κ1) is 51.9. The zero-order valence-corrected chi connectivity index (χ0v) is 35.3. The fourth-order valence-corrected chi connectivity index (χ4v) is 7.40. The minimum Gasteiger partial charge on any atom is -0.394 e. The van der Waals surface area contributed by atoms with E-state index in [2.05, 4.69) is 31.3 Å². The Hall–Kier alpha value is -1.11. The van der Waals surface area contributed by atoms with Crippen molar-refractivity contribution >= 4 is 5.91 Å². The van der Waals surface area contributed by atoms with Gasteiger partial charge in [0.05, 0.1) is 25.4 Å². The maximum Gasteiger partial charge on any atom is 0.249 e. The molecule has 0 spiro atoms. The van der Waals surface area contributed by atoms with Gasteiger partial charge in [0.15, 0.2) is 6.29 Å². The molecule has 10 heteroatoms. The molecule has 0 bridgehead atoms. The summed E-state index contributed by atoms with van der Waals surface area (Å²) in [5.74, 6) is -0.591. The van der Waals surface area contributed by atoms with Crippen LogP contribution in [0.25, 0.3) is 0 Å². The lowest BCUT2D eigenvalue weighted by Crippen LogP contribution is -2.60. The molecule has 0 aromatic heterocycles. The number of nitrogens with one attached hydrogen (secondary N) is 1. The van der Waals surface area contributed by atoms with E-state index >= 15 is 0 Å². The maximum atomic E-state index is 13.0. The molecule has 1 rings (SSSR count). The van der Waals surface area contributed by atoms with E-state index in [1.54, 1.807) is 0 Å². The molecule has 0 radical (unpaired) electrons. The third-order valence-corrected chi connectivity index (χ3v) is 11.2. The summed E-state index contributed by atoms with van der Waals surface area (Å²) < 4.78 is 11.2. The van der Waals surface area contributed by atoms with Crippen molar-refractivity contribution in [2.24, 2.45) is 0 Å². The monoisotopic (exact) mass is 786 g/mol. The van der Waals surface area contributed by atoms with Crippen molar-refractivity contribution in [3.8, 4) is 0 Å². The van der Waals surface area contributed by atoms with Crippen molar-refractivity contribution in [3.05, 3.63) is 12.2 Å². The molecular weight excluding hydrogens is 698 g/mol. The summed E-state index contributed by atoms with van der Waals surface area (Å²) in [6, 6.07) is -0.894. The van der Waals surface area contributed by atoms with E-state index < -0.39 is 61.5 Å². The predicted molar refractivity (Wildman–Crippen MR) is 223 cm³/mol. The first-order chi connectivity index (χ1) is 26.8. The predicted octanol–water partition coefficient (Wildman–Crippen LogP) is 8.31. The van der Waals surface area contributed by atoms with E-state index in [1.165, 1.54) is 116 Å². The quantitative estimate of drug-likeness (QED) is 0.0241. The number of allylic oxidation sites excluding steroid dienone is 2. The zero-order chi connectivity index (χ0) is 40.4. The second kappa shape index (κ2) is 36.0. The highest BCUT2D eigenvalue weighted by atomic mass is 16.7. The van der Waals surface area contributed by atoms with Crippen molar-refractivity contribution in [2.75, 3.05) is 13.2 Å². The van der Waals surface area contributed by atoms with Crippen LogP contribution in [0.15, 0.2) is 12.2 Å². The number of hydrogen-bond acceptors (Lipinski definition) is 9. The van der Waals surface area contributed by atoms with E-state index in [-0.39, 0.29) is 6.61 Å². The van der Waals surface area contributed by atoms with Crippen LogP contribution in [0, 0.1) is 0 Å². The number of amides is 1. The third-order valence-electron chi connectivity index (χ3n) is 11.2. The Bertz CT molecular complexity index is 890. The SMILES string of the molecule is CCCCCCCCCCC/C=C\CCCCCCC(O)C(=O)NC(COC1OC(CO)C(O)C(O)C1O)C(O)CCCCCCCCCCCCCCC. The molecule has 1 aliphatic heterocycles. The Morgan fingerprint density at radius 2 is 1.02 bits per heavy atom. The van der Waals surface area contributed by atoms with Gasteiger partial charge >= 0.3 is 0 Å². The number of rotatable bonds is 38. The average molecular weight is 786 g/mol. The normalized spacial score (nSPS) is 21.9. The number of aliphatic hydroxyl groups is 6. The summed E-state index contributed by atoms with van der Waals surface area (Å²) in [7, 11) is 0. The van der Waals surface area contributed by atoms with Gasteiger partial charge in [-0.15, -0.1) is 0 Å². The van der Waals surface area contributed by atoms with Crippen molar-refractivity contribution < 1.29 is 44.9 Å². The van der Waals surface area contributed by atoms with E-state index in [0.29, 0.717) is 19.3 Å². The van der Waals surface area contributed by atoms with Gasteiger partial charge in [0.25, 0.3) is 0 Å². The lowest BCUT2D eigenvalue weighted by Gasteiger charge is -2.40. The Morgan fingerprint density at radius 1 is 0.600 bits per heavy atom. The molecule has 1 aliphatic rings.